The molecule has 0 aromatic heterocycles. The lowest BCUT2D eigenvalue weighted by atomic mass is 10.1. The molecule has 1 aromatic rings. The Hall–Kier alpha value is -1.31. The molecule has 0 aliphatic rings. The van der Waals surface area contributed by atoms with E-state index in [9.17, 15) is 4.79 Å². The minimum atomic E-state index is 0.255. The third kappa shape index (κ3) is 5.36. The van der Waals surface area contributed by atoms with Gasteiger partial charge in [-0.3, -0.25) is 0 Å². The Morgan fingerprint density at radius 3 is 2.14 bits per heavy atom. The maximum atomic E-state index is 9.81. The van der Waals surface area contributed by atoms with Crippen LogP contribution in [0.15, 0.2) is 18.2 Å². The highest BCUT2D eigenvalue weighted by Crippen LogP contribution is 2.10. The quantitative estimate of drug-likeness (QED) is 0.697. The van der Waals surface area contributed by atoms with Gasteiger partial charge < -0.3 is 10.5 Å². The predicted octanol–water partition coefficient (Wildman–Crippen LogP) is 2.87. The van der Waals surface area contributed by atoms with Crippen molar-refractivity contribution in [2.45, 2.75) is 34.1 Å². The number of aryl methyl sites for hydroxylation is 2. The highest BCUT2D eigenvalue weighted by atomic mass is 16.1. The number of hydrogen-bond donors (Lipinski definition) is 1. The van der Waals surface area contributed by atoms with E-state index in [-0.39, 0.29) is 5.78 Å². The summed E-state index contributed by atoms with van der Waals surface area (Å²) in [5.41, 5.74) is 8.89. The molecule has 2 N–H and O–H groups in total. The van der Waals surface area contributed by atoms with Crippen LogP contribution in [0.3, 0.4) is 0 Å². The van der Waals surface area contributed by atoms with Crippen LogP contribution in [0, 0.1) is 13.8 Å². The molecule has 0 aliphatic carbocycles. The smallest absolute Gasteiger partial charge is 0.129 e. The molecule has 2 heteroatoms. The number of hydrogen-bond acceptors (Lipinski definition) is 2. The Labute approximate surface area is 86.1 Å². The van der Waals surface area contributed by atoms with E-state index in [4.69, 9.17) is 5.73 Å². The molecule has 0 bridgehead atoms. The predicted molar refractivity (Wildman–Crippen MR) is 61.3 cm³/mol. The summed E-state index contributed by atoms with van der Waals surface area (Å²) in [5, 5.41) is 0. The highest BCUT2D eigenvalue weighted by molar-refractivity contribution is 5.74. The van der Waals surface area contributed by atoms with E-state index in [1.165, 1.54) is 5.56 Å². The van der Waals surface area contributed by atoms with Gasteiger partial charge in [0.2, 0.25) is 0 Å². The third-order valence-corrected chi connectivity index (χ3v) is 1.92. The molecule has 0 unspecified atom stereocenters. The van der Waals surface area contributed by atoms with Crippen molar-refractivity contribution in [3.63, 3.8) is 0 Å². The van der Waals surface area contributed by atoms with Crippen molar-refractivity contribution in [1.29, 1.82) is 0 Å². The van der Waals surface area contributed by atoms with E-state index in [1.54, 1.807) is 6.92 Å². The highest BCUT2D eigenvalue weighted by Gasteiger charge is 1.89. The Morgan fingerprint density at radius 1 is 1.36 bits per heavy atom. The Morgan fingerprint density at radius 2 is 1.86 bits per heavy atom. The Balaban J connectivity index is 0.000000292. The summed E-state index contributed by atoms with van der Waals surface area (Å²) in [6, 6.07) is 6.03. The maximum absolute atomic E-state index is 9.81. The van der Waals surface area contributed by atoms with Gasteiger partial charge >= 0.3 is 0 Å². The second-order valence-electron chi connectivity index (χ2n) is 3.42. The molecule has 14 heavy (non-hydrogen) atoms. The van der Waals surface area contributed by atoms with Gasteiger partial charge in [-0.25, -0.2) is 0 Å². The van der Waals surface area contributed by atoms with Gasteiger partial charge in [0.05, 0.1) is 0 Å². The second kappa shape index (κ2) is 6.19. The van der Waals surface area contributed by atoms with Crippen LogP contribution in [-0.2, 0) is 4.79 Å². The van der Waals surface area contributed by atoms with Crippen LogP contribution in [0.4, 0.5) is 5.69 Å². The molecule has 1 aromatic carbocycles. The third-order valence-electron chi connectivity index (χ3n) is 1.92. The van der Waals surface area contributed by atoms with Crippen LogP contribution in [-0.4, -0.2) is 5.78 Å². The molecule has 0 radical (unpaired) electrons. The lowest BCUT2D eigenvalue weighted by molar-refractivity contribution is -0.116. The molecule has 0 atom stereocenters. The number of nitrogen functional groups attached to an aromatic ring is 1. The number of anilines is 1. The van der Waals surface area contributed by atoms with E-state index in [1.807, 2.05) is 26.0 Å². The summed E-state index contributed by atoms with van der Waals surface area (Å²) in [7, 11) is 0. The van der Waals surface area contributed by atoms with E-state index in [0.717, 1.165) is 11.3 Å². The molecule has 0 fully saturated rings. The van der Waals surface area contributed by atoms with Crippen molar-refractivity contribution in [3.05, 3.63) is 29.3 Å². The number of nitrogens with two attached hydrogens (primary N) is 1. The minimum absolute atomic E-state index is 0.255. The summed E-state index contributed by atoms with van der Waals surface area (Å²) < 4.78 is 0. The van der Waals surface area contributed by atoms with Crippen molar-refractivity contribution in [3.8, 4) is 0 Å². The molecule has 0 aliphatic heterocycles. The fourth-order valence-corrected chi connectivity index (χ4v) is 0.826. The van der Waals surface area contributed by atoms with Gasteiger partial charge in [0.15, 0.2) is 0 Å². The topological polar surface area (TPSA) is 43.1 Å². The van der Waals surface area contributed by atoms with Gasteiger partial charge in [0.25, 0.3) is 0 Å². The monoisotopic (exact) mass is 193 g/mol. The van der Waals surface area contributed by atoms with Crippen molar-refractivity contribution in [2.75, 3.05) is 5.73 Å². The molecule has 2 nitrogen and oxygen atoms in total. The number of rotatable bonds is 1. The number of benzene rings is 1. The van der Waals surface area contributed by atoms with E-state index in [0.29, 0.717) is 6.42 Å². The van der Waals surface area contributed by atoms with E-state index < -0.39 is 0 Å². The number of carbonyl (C=O) groups excluding carboxylic acids is 1. The lowest BCUT2D eigenvalue weighted by Gasteiger charge is -1.98. The fourth-order valence-electron chi connectivity index (χ4n) is 0.826. The average molecular weight is 193 g/mol. The van der Waals surface area contributed by atoms with Crippen molar-refractivity contribution in [2.24, 2.45) is 0 Å². The van der Waals surface area contributed by atoms with Gasteiger partial charge in [0, 0.05) is 12.1 Å². The van der Waals surface area contributed by atoms with Gasteiger partial charge in [-0.05, 0) is 32.4 Å². The van der Waals surface area contributed by atoms with Crippen LogP contribution in [0.25, 0.3) is 0 Å². The molecule has 78 valence electrons. The minimum Gasteiger partial charge on any atom is -0.399 e. The lowest BCUT2D eigenvalue weighted by Crippen LogP contribution is -1.88. The zero-order valence-corrected chi connectivity index (χ0v) is 9.42. The first-order valence-corrected chi connectivity index (χ1v) is 4.79. The van der Waals surface area contributed by atoms with Crippen LogP contribution in [0.5, 0.6) is 0 Å². The molecular formula is C12H19NO. The van der Waals surface area contributed by atoms with Gasteiger partial charge in [0.1, 0.15) is 5.78 Å². The normalized spacial score (nSPS) is 8.86. The van der Waals surface area contributed by atoms with Crippen LogP contribution in [0.2, 0.25) is 0 Å². The summed E-state index contributed by atoms with van der Waals surface area (Å²) in [5.74, 6) is 0.255. The second-order valence-corrected chi connectivity index (χ2v) is 3.42. The van der Waals surface area contributed by atoms with Crippen LogP contribution < -0.4 is 5.73 Å². The largest absolute Gasteiger partial charge is 0.399 e. The average Bonchev–Trinajstić information content (AvgIpc) is 2.13. The van der Waals surface area contributed by atoms with E-state index in [2.05, 4.69) is 13.0 Å². The Bertz CT molecular complexity index is 305. The van der Waals surface area contributed by atoms with Crippen molar-refractivity contribution >= 4 is 11.5 Å². The summed E-state index contributed by atoms with van der Waals surface area (Å²) in [6.07, 6.45) is 0.667. The molecule has 0 saturated heterocycles. The standard InChI is InChI=1S/C8H11N.C4H8O/c1-6-3-4-8(9)7(2)5-6;1-3-4(2)5/h3-5H,9H2,1-2H3;3H2,1-2H3. The molecular weight excluding hydrogens is 174 g/mol. The summed E-state index contributed by atoms with van der Waals surface area (Å²) in [4.78, 5) is 9.81. The maximum Gasteiger partial charge on any atom is 0.129 e. The summed E-state index contributed by atoms with van der Waals surface area (Å²) >= 11 is 0. The number of carbonyl (C=O) groups is 1. The van der Waals surface area contributed by atoms with Crippen LogP contribution in [0.1, 0.15) is 31.4 Å². The van der Waals surface area contributed by atoms with E-state index >= 15 is 0 Å². The molecule has 0 saturated carbocycles. The zero-order valence-electron chi connectivity index (χ0n) is 9.42. The first kappa shape index (κ1) is 12.7. The first-order chi connectivity index (χ1) is 6.47. The fraction of sp³-hybridized carbons (Fsp3) is 0.417. The summed E-state index contributed by atoms with van der Waals surface area (Å²) in [6.45, 7) is 7.51. The SMILES string of the molecule is CCC(C)=O.Cc1ccc(N)c(C)c1. The number of ketones is 1. The van der Waals surface area contributed by atoms with Gasteiger partial charge in [-0.2, -0.15) is 0 Å². The van der Waals surface area contributed by atoms with Crippen molar-refractivity contribution < 1.29 is 4.79 Å². The molecule has 1 rings (SSSR count). The molecule has 0 amide bonds. The molecule has 0 heterocycles. The van der Waals surface area contributed by atoms with Gasteiger partial charge in [-0.15, -0.1) is 0 Å². The van der Waals surface area contributed by atoms with Crippen LogP contribution >= 0.6 is 0 Å². The first-order valence-electron chi connectivity index (χ1n) is 4.79. The number of Topliss-reactive ketones (excluding diaryl/α,β-unsaturated/α-hetero) is 1. The van der Waals surface area contributed by atoms with Crippen molar-refractivity contribution in [1.82, 2.24) is 0 Å². The Kier molecular flexibility index (Phi) is 5.61. The zero-order chi connectivity index (χ0) is 11.1. The van der Waals surface area contributed by atoms with Gasteiger partial charge in [-0.1, -0.05) is 24.6 Å². The molecule has 0 spiro atoms.